The van der Waals surface area contributed by atoms with E-state index in [0.29, 0.717) is 0 Å². The molecule has 2 unspecified atom stereocenters. The van der Waals surface area contributed by atoms with Crippen molar-refractivity contribution in [2.45, 2.75) is 128 Å². The van der Waals surface area contributed by atoms with E-state index in [2.05, 4.69) is 99.8 Å². The van der Waals surface area contributed by atoms with Crippen LogP contribution in [0.1, 0.15) is 115 Å². The third-order valence-corrected chi connectivity index (χ3v) is 7.75. The highest BCUT2D eigenvalue weighted by Crippen LogP contribution is 2.37. The number of benzene rings is 2. The summed E-state index contributed by atoms with van der Waals surface area (Å²) in [5.74, 6) is 0. The van der Waals surface area contributed by atoms with Crippen LogP contribution in [-0.2, 0) is 17.6 Å². The lowest BCUT2D eigenvalue weighted by molar-refractivity contribution is -0.116. The van der Waals surface area contributed by atoms with Gasteiger partial charge in [0.25, 0.3) is 0 Å². The summed E-state index contributed by atoms with van der Waals surface area (Å²) >= 11 is 0. The minimum absolute atomic E-state index is 0.405. The third kappa shape index (κ3) is 11.9. The Morgan fingerprint density at radius 1 is 0.541 bits per heavy atom. The van der Waals surface area contributed by atoms with Gasteiger partial charge in [-0.3, -0.25) is 0 Å². The molecule has 0 aliphatic carbocycles. The molecular formula is C36H54O. The zero-order valence-corrected chi connectivity index (χ0v) is 24.1. The van der Waals surface area contributed by atoms with Gasteiger partial charge in [0.15, 0.2) is 0 Å². The summed E-state index contributed by atoms with van der Waals surface area (Å²) in [4.78, 5) is 0. The maximum absolute atomic E-state index is 7.35. The summed E-state index contributed by atoms with van der Waals surface area (Å²) in [6.45, 7) is 13.3. The quantitative estimate of drug-likeness (QED) is 0.115. The van der Waals surface area contributed by atoms with E-state index in [0.717, 1.165) is 38.5 Å². The van der Waals surface area contributed by atoms with Crippen molar-refractivity contribution in [1.29, 1.82) is 0 Å². The average molecular weight is 503 g/mol. The van der Waals surface area contributed by atoms with Crippen LogP contribution in [0, 0.1) is 0 Å². The highest BCUT2D eigenvalue weighted by molar-refractivity contribution is 5.23. The molecule has 2 atom stereocenters. The summed E-state index contributed by atoms with van der Waals surface area (Å²) < 4.78 is 7.35. The molecule has 0 radical (unpaired) electrons. The zero-order chi connectivity index (χ0) is 26.7. The van der Waals surface area contributed by atoms with Crippen molar-refractivity contribution in [3.8, 4) is 0 Å². The van der Waals surface area contributed by atoms with Crippen LogP contribution in [0.5, 0.6) is 0 Å². The monoisotopic (exact) mass is 502 g/mol. The largest absolute Gasteiger partial charge is 0.360 e. The maximum Gasteiger partial charge on any atom is 0.0912 e. The Labute approximate surface area is 229 Å². The average Bonchev–Trinajstić information content (AvgIpc) is 2.93. The highest BCUT2D eigenvalue weighted by atomic mass is 16.5. The zero-order valence-electron chi connectivity index (χ0n) is 24.1. The van der Waals surface area contributed by atoms with Gasteiger partial charge in [-0.1, -0.05) is 164 Å². The molecular weight excluding hydrogens is 448 g/mol. The van der Waals surface area contributed by atoms with Crippen LogP contribution < -0.4 is 0 Å². The molecule has 37 heavy (non-hydrogen) atoms. The van der Waals surface area contributed by atoms with Crippen LogP contribution in [-0.4, -0.2) is 11.2 Å². The van der Waals surface area contributed by atoms with Gasteiger partial charge in [-0.05, 0) is 24.0 Å². The van der Waals surface area contributed by atoms with Crippen LogP contribution in [0.4, 0.5) is 0 Å². The lowest BCUT2D eigenvalue weighted by Gasteiger charge is -2.42. The van der Waals surface area contributed by atoms with Gasteiger partial charge in [0.2, 0.25) is 0 Å². The first-order chi connectivity index (χ1) is 18.1. The smallest absolute Gasteiger partial charge is 0.0912 e. The molecule has 0 heterocycles. The van der Waals surface area contributed by atoms with Crippen molar-refractivity contribution in [3.05, 3.63) is 97.1 Å². The molecule has 0 N–H and O–H groups in total. The third-order valence-electron chi connectivity index (χ3n) is 7.75. The fourth-order valence-corrected chi connectivity index (χ4v) is 5.48. The molecule has 2 rings (SSSR count). The maximum atomic E-state index is 7.35. The number of ether oxygens (including phenoxy) is 1. The minimum Gasteiger partial charge on any atom is -0.360 e. The number of rotatable bonds is 22. The molecule has 0 amide bonds. The van der Waals surface area contributed by atoms with Crippen LogP contribution >= 0.6 is 0 Å². The van der Waals surface area contributed by atoms with Gasteiger partial charge in [0.1, 0.15) is 0 Å². The van der Waals surface area contributed by atoms with Crippen LogP contribution in [0.25, 0.3) is 0 Å². The van der Waals surface area contributed by atoms with E-state index in [1.807, 2.05) is 0 Å². The normalized spacial score (nSPS) is 14.5. The van der Waals surface area contributed by atoms with Gasteiger partial charge in [0, 0.05) is 12.8 Å². The van der Waals surface area contributed by atoms with Crippen LogP contribution in [0.2, 0.25) is 0 Å². The number of hydrogen-bond acceptors (Lipinski definition) is 1. The van der Waals surface area contributed by atoms with Gasteiger partial charge in [-0.15, -0.1) is 13.2 Å². The van der Waals surface area contributed by atoms with Gasteiger partial charge in [-0.2, -0.15) is 0 Å². The van der Waals surface area contributed by atoms with E-state index in [-0.39, 0.29) is 0 Å². The second kappa shape index (κ2) is 18.2. The minimum atomic E-state index is -0.405. The van der Waals surface area contributed by atoms with Crippen molar-refractivity contribution in [2.24, 2.45) is 0 Å². The lowest BCUT2D eigenvalue weighted by Crippen LogP contribution is -2.45. The van der Waals surface area contributed by atoms with E-state index in [1.165, 1.54) is 75.3 Å². The molecule has 2 aromatic carbocycles. The summed E-state index contributed by atoms with van der Waals surface area (Å²) in [6, 6.07) is 21.6. The van der Waals surface area contributed by atoms with Gasteiger partial charge in [0.05, 0.1) is 11.2 Å². The van der Waals surface area contributed by atoms with E-state index >= 15 is 0 Å². The Balaban J connectivity index is 2.26. The molecule has 1 nitrogen and oxygen atoms in total. The second-order valence-corrected chi connectivity index (χ2v) is 11.0. The Morgan fingerprint density at radius 2 is 0.892 bits per heavy atom. The van der Waals surface area contributed by atoms with Crippen molar-refractivity contribution >= 4 is 0 Å². The van der Waals surface area contributed by atoms with Crippen molar-refractivity contribution in [1.82, 2.24) is 0 Å². The molecule has 0 fully saturated rings. The summed E-state index contributed by atoms with van der Waals surface area (Å²) in [7, 11) is 0. The Kier molecular flexibility index (Phi) is 15.3. The van der Waals surface area contributed by atoms with Gasteiger partial charge < -0.3 is 4.74 Å². The number of hydrogen-bond donors (Lipinski definition) is 0. The SMILES string of the molecule is C=CC(CCCCCCCC)(Cc1ccccc1)OC(C=C)(CCCCCCCC)Cc1ccccc1. The van der Waals surface area contributed by atoms with E-state index in [9.17, 15) is 0 Å². The number of unbranched alkanes of at least 4 members (excludes halogenated alkanes) is 10. The fraction of sp³-hybridized carbons (Fsp3) is 0.556. The van der Waals surface area contributed by atoms with Crippen LogP contribution in [0.3, 0.4) is 0 Å². The molecule has 0 spiro atoms. The van der Waals surface area contributed by atoms with Gasteiger partial charge in [-0.25, -0.2) is 0 Å². The second-order valence-electron chi connectivity index (χ2n) is 11.0. The standard InChI is InChI=1S/C36H54O/c1-5-9-11-13-15-23-29-35(7-3,31-33-25-19-17-20-26-33)37-36(8-4,30-24-16-14-12-10-6-2)32-34-27-21-18-22-28-34/h7-8,17-22,25-28H,3-6,9-16,23-24,29-32H2,1-2H3. The molecule has 2 aromatic rings. The molecule has 0 saturated heterocycles. The van der Waals surface area contributed by atoms with E-state index in [4.69, 9.17) is 4.74 Å². The van der Waals surface area contributed by atoms with E-state index < -0.39 is 11.2 Å². The van der Waals surface area contributed by atoms with Gasteiger partial charge >= 0.3 is 0 Å². The first kappa shape index (κ1) is 31.1. The molecule has 0 aromatic heterocycles. The fourth-order valence-electron chi connectivity index (χ4n) is 5.48. The lowest BCUT2D eigenvalue weighted by atomic mass is 9.84. The first-order valence-electron chi connectivity index (χ1n) is 15.2. The Morgan fingerprint density at radius 3 is 1.24 bits per heavy atom. The summed E-state index contributed by atoms with van der Waals surface area (Å²) in [6.07, 6.45) is 23.3. The van der Waals surface area contributed by atoms with Crippen molar-refractivity contribution in [3.63, 3.8) is 0 Å². The Bertz CT molecular complexity index is 770. The predicted molar refractivity (Wildman–Crippen MR) is 163 cm³/mol. The summed E-state index contributed by atoms with van der Waals surface area (Å²) in [5, 5.41) is 0. The van der Waals surface area contributed by atoms with Crippen LogP contribution in [0.15, 0.2) is 86.0 Å². The Hall–Kier alpha value is -2.12. The van der Waals surface area contributed by atoms with Crippen molar-refractivity contribution < 1.29 is 4.74 Å². The molecule has 0 bridgehead atoms. The topological polar surface area (TPSA) is 9.23 Å². The molecule has 0 aliphatic rings. The molecule has 0 aliphatic heterocycles. The van der Waals surface area contributed by atoms with E-state index in [1.54, 1.807) is 0 Å². The van der Waals surface area contributed by atoms with Crippen molar-refractivity contribution in [2.75, 3.05) is 0 Å². The first-order valence-corrected chi connectivity index (χ1v) is 15.2. The summed E-state index contributed by atoms with van der Waals surface area (Å²) in [5.41, 5.74) is 1.81. The highest BCUT2D eigenvalue weighted by Gasteiger charge is 2.38. The predicted octanol–water partition coefficient (Wildman–Crippen LogP) is 10.8. The molecule has 0 saturated carbocycles. The molecule has 204 valence electrons. The molecule has 1 heteroatoms.